The molecule has 130 valence electrons. The van der Waals surface area contributed by atoms with E-state index >= 15 is 0 Å². The Bertz CT molecular complexity index is 861. The fourth-order valence-electron chi connectivity index (χ4n) is 2.90. The molecule has 0 spiro atoms. The van der Waals surface area contributed by atoms with Crippen molar-refractivity contribution in [1.82, 2.24) is 10.3 Å². The second-order valence-electron chi connectivity index (χ2n) is 6.29. The molecule has 0 fully saturated rings. The quantitative estimate of drug-likeness (QED) is 0.646. The van der Waals surface area contributed by atoms with E-state index in [0.717, 1.165) is 16.6 Å². The molecule has 5 heteroatoms. The minimum Gasteiger partial charge on any atom is -0.391 e. The SMILES string of the molecule is CC(NC(=O)Cc1c[nH]c2ccc(F)cc12)C(O)Cc1ccccc1. The molecule has 0 aliphatic rings. The minimum absolute atomic E-state index is 0.131. The number of H-pyrrole nitrogens is 1. The number of aromatic nitrogens is 1. The van der Waals surface area contributed by atoms with Crippen LogP contribution < -0.4 is 5.32 Å². The predicted molar refractivity (Wildman–Crippen MR) is 95.7 cm³/mol. The molecular weight excluding hydrogens is 319 g/mol. The predicted octanol–water partition coefficient (Wildman–Crippen LogP) is 2.96. The molecule has 4 nitrogen and oxygen atoms in total. The molecule has 1 heterocycles. The summed E-state index contributed by atoms with van der Waals surface area (Å²) in [6.45, 7) is 1.78. The van der Waals surface area contributed by atoms with Crippen LogP contribution in [0, 0.1) is 5.82 Å². The molecule has 3 N–H and O–H groups in total. The average Bonchev–Trinajstić information content (AvgIpc) is 2.97. The second kappa shape index (κ2) is 7.49. The third-order valence-corrected chi connectivity index (χ3v) is 4.33. The Hall–Kier alpha value is -2.66. The van der Waals surface area contributed by atoms with Crippen LogP contribution in [0.25, 0.3) is 10.9 Å². The Balaban J connectivity index is 1.60. The number of carbonyl (C=O) groups excluding carboxylic acids is 1. The zero-order valence-corrected chi connectivity index (χ0v) is 14.0. The van der Waals surface area contributed by atoms with Crippen LogP contribution in [0.5, 0.6) is 0 Å². The van der Waals surface area contributed by atoms with Crippen LogP contribution in [-0.4, -0.2) is 28.1 Å². The molecule has 0 aliphatic carbocycles. The van der Waals surface area contributed by atoms with E-state index in [4.69, 9.17) is 0 Å². The number of nitrogens with one attached hydrogen (secondary N) is 2. The molecule has 2 aromatic carbocycles. The molecule has 2 atom stereocenters. The lowest BCUT2D eigenvalue weighted by molar-refractivity contribution is -0.121. The van der Waals surface area contributed by atoms with E-state index in [0.29, 0.717) is 11.8 Å². The van der Waals surface area contributed by atoms with Crippen molar-refractivity contribution in [2.45, 2.75) is 31.9 Å². The van der Waals surface area contributed by atoms with Crippen LogP contribution in [0.15, 0.2) is 54.7 Å². The summed E-state index contributed by atoms with van der Waals surface area (Å²) >= 11 is 0. The summed E-state index contributed by atoms with van der Waals surface area (Å²) in [5, 5.41) is 13.8. The van der Waals surface area contributed by atoms with Crippen LogP contribution in [0.2, 0.25) is 0 Å². The second-order valence-corrected chi connectivity index (χ2v) is 6.29. The number of aliphatic hydroxyl groups excluding tert-OH is 1. The van der Waals surface area contributed by atoms with Crippen LogP contribution >= 0.6 is 0 Å². The zero-order valence-electron chi connectivity index (χ0n) is 14.0. The number of carbonyl (C=O) groups is 1. The third-order valence-electron chi connectivity index (χ3n) is 4.33. The van der Waals surface area contributed by atoms with E-state index in [-0.39, 0.29) is 24.2 Å². The highest BCUT2D eigenvalue weighted by atomic mass is 19.1. The van der Waals surface area contributed by atoms with Gasteiger partial charge in [0.05, 0.1) is 18.6 Å². The molecule has 1 amide bonds. The third kappa shape index (κ3) is 4.25. The first-order chi connectivity index (χ1) is 12.0. The number of hydrogen-bond donors (Lipinski definition) is 3. The summed E-state index contributed by atoms with van der Waals surface area (Å²) in [7, 11) is 0. The Morgan fingerprint density at radius 1 is 1.24 bits per heavy atom. The lowest BCUT2D eigenvalue weighted by Crippen LogP contribution is -2.42. The van der Waals surface area contributed by atoms with Crippen molar-refractivity contribution >= 4 is 16.8 Å². The van der Waals surface area contributed by atoms with Crippen molar-refractivity contribution in [3.05, 3.63) is 71.7 Å². The monoisotopic (exact) mass is 340 g/mol. The maximum absolute atomic E-state index is 13.4. The van der Waals surface area contributed by atoms with Crippen molar-refractivity contribution in [2.75, 3.05) is 0 Å². The van der Waals surface area contributed by atoms with Gasteiger partial charge in [-0.25, -0.2) is 4.39 Å². The molecule has 2 unspecified atom stereocenters. The minimum atomic E-state index is -0.674. The van der Waals surface area contributed by atoms with Crippen LogP contribution in [0.1, 0.15) is 18.1 Å². The fourth-order valence-corrected chi connectivity index (χ4v) is 2.90. The van der Waals surface area contributed by atoms with Crippen molar-refractivity contribution in [1.29, 1.82) is 0 Å². The van der Waals surface area contributed by atoms with E-state index in [1.165, 1.54) is 12.1 Å². The van der Waals surface area contributed by atoms with Gasteiger partial charge in [0.1, 0.15) is 5.82 Å². The van der Waals surface area contributed by atoms with E-state index < -0.39 is 6.10 Å². The Kier molecular flexibility index (Phi) is 5.14. The van der Waals surface area contributed by atoms with Gasteiger partial charge in [0.15, 0.2) is 0 Å². The Labute approximate surface area is 145 Å². The summed E-state index contributed by atoms with van der Waals surface area (Å²) in [5.74, 6) is -0.537. The molecular formula is C20H21FN2O2. The van der Waals surface area contributed by atoms with Crippen molar-refractivity contribution in [3.8, 4) is 0 Å². The van der Waals surface area contributed by atoms with Gasteiger partial charge in [-0.15, -0.1) is 0 Å². The topological polar surface area (TPSA) is 65.1 Å². The van der Waals surface area contributed by atoms with Crippen LogP contribution in [0.4, 0.5) is 4.39 Å². The van der Waals surface area contributed by atoms with Crippen molar-refractivity contribution in [2.24, 2.45) is 0 Å². The smallest absolute Gasteiger partial charge is 0.224 e. The van der Waals surface area contributed by atoms with Crippen LogP contribution in [0.3, 0.4) is 0 Å². The highest BCUT2D eigenvalue weighted by Crippen LogP contribution is 2.20. The number of aromatic amines is 1. The van der Waals surface area contributed by atoms with Gasteiger partial charge in [-0.3, -0.25) is 4.79 Å². The van der Waals surface area contributed by atoms with Gasteiger partial charge >= 0.3 is 0 Å². The largest absolute Gasteiger partial charge is 0.391 e. The number of halogens is 1. The van der Waals surface area contributed by atoms with E-state index in [1.807, 2.05) is 30.3 Å². The van der Waals surface area contributed by atoms with Gasteiger partial charge in [-0.1, -0.05) is 30.3 Å². The van der Waals surface area contributed by atoms with Gasteiger partial charge in [-0.05, 0) is 36.2 Å². The highest BCUT2D eigenvalue weighted by Gasteiger charge is 2.18. The molecule has 3 aromatic rings. The maximum Gasteiger partial charge on any atom is 0.224 e. The van der Waals surface area contributed by atoms with Gasteiger partial charge in [0.25, 0.3) is 0 Å². The Morgan fingerprint density at radius 3 is 2.76 bits per heavy atom. The van der Waals surface area contributed by atoms with E-state index in [1.54, 1.807) is 19.2 Å². The number of hydrogen-bond acceptors (Lipinski definition) is 2. The first kappa shape index (κ1) is 17.2. The summed E-state index contributed by atoms with van der Waals surface area (Å²) in [6.07, 6.45) is 1.65. The number of amides is 1. The maximum atomic E-state index is 13.4. The van der Waals surface area contributed by atoms with Crippen LogP contribution in [-0.2, 0) is 17.6 Å². The normalized spacial score (nSPS) is 13.6. The van der Waals surface area contributed by atoms with Gasteiger partial charge in [-0.2, -0.15) is 0 Å². The number of benzene rings is 2. The first-order valence-corrected chi connectivity index (χ1v) is 8.30. The summed E-state index contributed by atoms with van der Waals surface area (Å²) < 4.78 is 13.4. The summed E-state index contributed by atoms with van der Waals surface area (Å²) in [4.78, 5) is 15.3. The fraction of sp³-hybridized carbons (Fsp3) is 0.250. The Morgan fingerprint density at radius 2 is 2.00 bits per heavy atom. The van der Waals surface area contributed by atoms with Crippen molar-refractivity contribution in [3.63, 3.8) is 0 Å². The summed E-state index contributed by atoms with van der Waals surface area (Å²) in [5.41, 5.74) is 2.54. The summed E-state index contributed by atoms with van der Waals surface area (Å²) in [6, 6.07) is 13.7. The standard InChI is InChI=1S/C20H21FN2O2/c1-13(19(24)9-14-5-3-2-4-6-14)23-20(25)10-15-12-22-18-8-7-16(21)11-17(15)18/h2-8,11-13,19,22,24H,9-10H2,1H3,(H,23,25). The average molecular weight is 340 g/mol. The molecule has 0 saturated carbocycles. The van der Waals surface area contributed by atoms with Gasteiger partial charge in [0.2, 0.25) is 5.91 Å². The molecule has 3 rings (SSSR count). The molecule has 0 saturated heterocycles. The molecule has 0 radical (unpaired) electrons. The van der Waals surface area contributed by atoms with Gasteiger partial charge in [0, 0.05) is 23.5 Å². The molecule has 0 bridgehead atoms. The highest BCUT2D eigenvalue weighted by molar-refractivity contribution is 5.89. The number of aliphatic hydroxyl groups is 1. The molecule has 0 aliphatic heterocycles. The number of fused-ring (bicyclic) bond motifs is 1. The van der Waals surface area contributed by atoms with Gasteiger partial charge < -0.3 is 15.4 Å². The zero-order chi connectivity index (χ0) is 17.8. The molecule has 25 heavy (non-hydrogen) atoms. The molecule has 1 aromatic heterocycles. The number of rotatable bonds is 6. The van der Waals surface area contributed by atoms with E-state index in [2.05, 4.69) is 10.3 Å². The lowest BCUT2D eigenvalue weighted by Gasteiger charge is -2.20. The first-order valence-electron chi connectivity index (χ1n) is 8.30. The van der Waals surface area contributed by atoms with E-state index in [9.17, 15) is 14.3 Å². The van der Waals surface area contributed by atoms with Crippen molar-refractivity contribution < 1.29 is 14.3 Å². The lowest BCUT2D eigenvalue weighted by atomic mass is 10.0.